The van der Waals surface area contributed by atoms with Crippen molar-refractivity contribution in [3.8, 4) is 0 Å². The summed E-state index contributed by atoms with van der Waals surface area (Å²) in [6.07, 6.45) is 0.990. The van der Waals surface area contributed by atoms with Crippen LogP contribution in [0.4, 0.5) is 5.69 Å². The third kappa shape index (κ3) is 4.59. The van der Waals surface area contributed by atoms with Crippen LogP contribution in [-0.4, -0.2) is 31.4 Å². The van der Waals surface area contributed by atoms with Gasteiger partial charge in [-0.1, -0.05) is 11.6 Å². The van der Waals surface area contributed by atoms with E-state index in [1.807, 2.05) is 0 Å². The standard InChI is InChI=1S/C14H18ClN3O2.ClH/c15-11-2-4-12(5-3-11)18-9-10(8-13(18)19)14(20)17-7-1-6-16;/h2-5,10H,1,6-9,16H2,(H,17,20);1H. The SMILES string of the molecule is Cl.NCCCNC(=O)C1CC(=O)N(c2ccc(Cl)cc2)C1. The van der Waals surface area contributed by atoms with Crippen molar-refractivity contribution in [1.82, 2.24) is 5.32 Å². The number of carbonyl (C=O) groups excluding carboxylic acids is 2. The molecule has 1 aromatic carbocycles. The summed E-state index contributed by atoms with van der Waals surface area (Å²) in [5, 5.41) is 3.43. The van der Waals surface area contributed by atoms with E-state index in [2.05, 4.69) is 5.32 Å². The average Bonchev–Trinajstić information content (AvgIpc) is 2.82. The maximum Gasteiger partial charge on any atom is 0.227 e. The van der Waals surface area contributed by atoms with Gasteiger partial charge >= 0.3 is 0 Å². The summed E-state index contributed by atoms with van der Waals surface area (Å²) in [7, 11) is 0. The number of hydrogen-bond acceptors (Lipinski definition) is 3. The summed E-state index contributed by atoms with van der Waals surface area (Å²) in [6, 6.07) is 7.04. The van der Waals surface area contributed by atoms with Crippen LogP contribution < -0.4 is 16.0 Å². The zero-order valence-corrected chi connectivity index (χ0v) is 13.1. The Bertz CT molecular complexity index is 493. The summed E-state index contributed by atoms with van der Waals surface area (Å²) < 4.78 is 0. The fourth-order valence-corrected chi connectivity index (χ4v) is 2.34. The van der Waals surface area contributed by atoms with Gasteiger partial charge in [0.15, 0.2) is 0 Å². The molecular formula is C14H19Cl2N3O2. The Labute approximate surface area is 135 Å². The fourth-order valence-electron chi connectivity index (χ4n) is 2.21. The summed E-state index contributed by atoms with van der Waals surface area (Å²) in [6.45, 7) is 1.51. The minimum Gasteiger partial charge on any atom is -0.356 e. The lowest BCUT2D eigenvalue weighted by atomic mass is 10.1. The number of halogens is 2. The predicted octanol–water partition coefficient (Wildman–Crippen LogP) is 1.58. The second kappa shape index (κ2) is 8.22. The van der Waals surface area contributed by atoms with Gasteiger partial charge in [0.1, 0.15) is 0 Å². The molecule has 0 radical (unpaired) electrons. The van der Waals surface area contributed by atoms with Crippen molar-refractivity contribution in [3.05, 3.63) is 29.3 Å². The van der Waals surface area contributed by atoms with Crippen LogP contribution in [0.25, 0.3) is 0 Å². The lowest BCUT2D eigenvalue weighted by molar-refractivity contribution is -0.126. The number of nitrogens with two attached hydrogens (primary N) is 1. The summed E-state index contributed by atoms with van der Waals surface area (Å²) >= 11 is 5.83. The first-order valence-electron chi connectivity index (χ1n) is 6.65. The Morgan fingerprint density at radius 2 is 2.05 bits per heavy atom. The van der Waals surface area contributed by atoms with Gasteiger partial charge in [-0.05, 0) is 37.2 Å². The molecule has 2 rings (SSSR count). The van der Waals surface area contributed by atoms with Crippen LogP contribution in [0.2, 0.25) is 5.02 Å². The number of nitrogens with one attached hydrogen (secondary N) is 1. The van der Waals surface area contributed by atoms with Gasteiger partial charge in [-0.25, -0.2) is 0 Å². The molecule has 1 aromatic rings. The topological polar surface area (TPSA) is 75.4 Å². The van der Waals surface area contributed by atoms with Gasteiger partial charge in [0.2, 0.25) is 11.8 Å². The van der Waals surface area contributed by atoms with E-state index in [0.717, 1.165) is 12.1 Å². The monoisotopic (exact) mass is 331 g/mol. The third-order valence-electron chi connectivity index (χ3n) is 3.31. The quantitative estimate of drug-likeness (QED) is 0.804. The molecule has 0 bridgehead atoms. The molecule has 0 aliphatic carbocycles. The first-order valence-corrected chi connectivity index (χ1v) is 7.03. The lowest BCUT2D eigenvalue weighted by Crippen LogP contribution is -2.34. The number of nitrogens with zero attached hydrogens (tertiary/aromatic N) is 1. The van der Waals surface area contributed by atoms with Gasteiger partial charge < -0.3 is 16.0 Å². The van der Waals surface area contributed by atoms with Crippen LogP contribution in [0.1, 0.15) is 12.8 Å². The highest BCUT2D eigenvalue weighted by molar-refractivity contribution is 6.30. The molecular weight excluding hydrogens is 313 g/mol. The number of carbonyl (C=O) groups is 2. The molecule has 1 atom stereocenters. The van der Waals surface area contributed by atoms with Crippen LogP contribution in [0, 0.1) is 5.92 Å². The molecule has 21 heavy (non-hydrogen) atoms. The third-order valence-corrected chi connectivity index (χ3v) is 3.57. The zero-order valence-electron chi connectivity index (χ0n) is 11.5. The highest BCUT2D eigenvalue weighted by Gasteiger charge is 2.34. The molecule has 116 valence electrons. The molecule has 5 nitrogen and oxygen atoms in total. The Morgan fingerprint density at radius 3 is 2.67 bits per heavy atom. The van der Waals surface area contributed by atoms with Gasteiger partial charge in [0, 0.05) is 30.2 Å². The molecule has 1 heterocycles. The number of hydrogen-bond donors (Lipinski definition) is 2. The number of benzene rings is 1. The van der Waals surface area contributed by atoms with Crippen molar-refractivity contribution >= 4 is 41.5 Å². The number of anilines is 1. The Kier molecular flexibility index (Phi) is 6.95. The summed E-state index contributed by atoms with van der Waals surface area (Å²) in [5.41, 5.74) is 6.15. The van der Waals surface area contributed by atoms with Crippen molar-refractivity contribution in [2.45, 2.75) is 12.8 Å². The highest BCUT2D eigenvalue weighted by Crippen LogP contribution is 2.26. The first kappa shape index (κ1) is 17.8. The van der Waals surface area contributed by atoms with Gasteiger partial charge in [-0.3, -0.25) is 9.59 Å². The molecule has 1 aliphatic rings. The Balaban J connectivity index is 0.00000220. The van der Waals surface area contributed by atoms with Crippen LogP contribution in [0.3, 0.4) is 0 Å². The van der Waals surface area contributed by atoms with E-state index in [-0.39, 0.29) is 36.6 Å². The van der Waals surface area contributed by atoms with Gasteiger partial charge in [-0.2, -0.15) is 0 Å². The lowest BCUT2D eigenvalue weighted by Gasteiger charge is -2.16. The maximum absolute atomic E-state index is 12.0. The van der Waals surface area contributed by atoms with Crippen molar-refractivity contribution in [1.29, 1.82) is 0 Å². The van der Waals surface area contributed by atoms with Crippen molar-refractivity contribution < 1.29 is 9.59 Å². The van der Waals surface area contributed by atoms with E-state index in [1.165, 1.54) is 0 Å². The molecule has 3 N–H and O–H groups in total. The van der Waals surface area contributed by atoms with Crippen LogP contribution >= 0.6 is 24.0 Å². The molecule has 1 aliphatic heterocycles. The molecule has 0 saturated carbocycles. The smallest absolute Gasteiger partial charge is 0.227 e. The predicted molar refractivity (Wildman–Crippen MR) is 85.8 cm³/mol. The van der Waals surface area contributed by atoms with Crippen LogP contribution in [0.5, 0.6) is 0 Å². The van der Waals surface area contributed by atoms with E-state index in [0.29, 0.717) is 24.7 Å². The minimum atomic E-state index is -0.295. The van der Waals surface area contributed by atoms with Crippen molar-refractivity contribution in [2.24, 2.45) is 11.7 Å². The minimum absolute atomic E-state index is 0. The largest absolute Gasteiger partial charge is 0.356 e. The molecule has 7 heteroatoms. The van der Waals surface area contributed by atoms with Crippen LogP contribution in [0.15, 0.2) is 24.3 Å². The average molecular weight is 332 g/mol. The van der Waals surface area contributed by atoms with Gasteiger partial charge in [0.25, 0.3) is 0 Å². The van der Waals surface area contributed by atoms with E-state index >= 15 is 0 Å². The Hall–Kier alpha value is -1.30. The zero-order chi connectivity index (χ0) is 14.5. The van der Waals surface area contributed by atoms with E-state index in [9.17, 15) is 9.59 Å². The molecule has 0 aromatic heterocycles. The molecule has 1 saturated heterocycles. The maximum atomic E-state index is 12.0. The normalized spacial score (nSPS) is 17.5. The van der Waals surface area contributed by atoms with Crippen molar-refractivity contribution in [2.75, 3.05) is 24.5 Å². The second-order valence-corrected chi connectivity index (χ2v) is 5.25. The number of rotatable bonds is 5. The summed E-state index contributed by atoms with van der Waals surface area (Å²) in [4.78, 5) is 25.6. The molecule has 0 spiro atoms. The van der Waals surface area contributed by atoms with Gasteiger partial charge in [-0.15, -0.1) is 12.4 Å². The highest BCUT2D eigenvalue weighted by atomic mass is 35.5. The fraction of sp³-hybridized carbons (Fsp3) is 0.429. The van der Waals surface area contributed by atoms with Crippen molar-refractivity contribution in [3.63, 3.8) is 0 Å². The Morgan fingerprint density at radius 1 is 1.38 bits per heavy atom. The number of amides is 2. The first-order chi connectivity index (χ1) is 9.61. The molecule has 1 unspecified atom stereocenters. The van der Waals surface area contributed by atoms with E-state index in [4.69, 9.17) is 17.3 Å². The van der Waals surface area contributed by atoms with E-state index in [1.54, 1.807) is 29.2 Å². The molecule has 1 fully saturated rings. The van der Waals surface area contributed by atoms with Gasteiger partial charge in [0.05, 0.1) is 5.92 Å². The van der Waals surface area contributed by atoms with Crippen LogP contribution in [-0.2, 0) is 9.59 Å². The second-order valence-electron chi connectivity index (χ2n) is 4.82. The summed E-state index contributed by atoms with van der Waals surface area (Å²) in [5.74, 6) is -0.412. The molecule has 2 amide bonds. The van der Waals surface area contributed by atoms with E-state index < -0.39 is 0 Å².